The van der Waals surface area contributed by atoms with Crippen LogP contribution >= 0.6 is 0 Å². The second-order valence-corrected chi connectivity index (χ2v) is 4.29. The van der Waals surface area contributed by atoms with Gasteiger partial charge in [0.2, 0.25) is 0 Å². The summed E-state index contributed by atoms with van der Waals surface area (Å²) in [6, 6.07) is 9.07. The van der Waals surface area contributed by atoms with Crippen LogP contribution in [0.1, 0.15) is 36.8 Å². The molecule has 0 amide bonds. The van der Waals surface area contributed by atoms with E-state index < -0.39 is 5.54 Å². The van der Waals surface area contributed by atoms with E-state index in [2.05, 4.69) is 6.07 Å². The summed E-state index contributed by atoms with van der Waals surface area (Å²) in [5.41, 5.74) is 6.78. The monoisotopic (exact) mass is 214 g/mol. The van der Waals surface area contributed by atoms with Crippen molar-refractivity contribution in [3.63, 3.8) is 0 Å². The molecule has 3 heteroatoms. The van der Waals surface area contributed by atoms with Crippen LogP contribution in [0.5, 0.6) is 0 Å². The number of benzene rings is 1. The van der Waals surface area contributed by atoms with Crippen LogP contribution < -0.4 is 5.73 Å². The third-order valence-corrected chi connectivity index (χ3v) is 3.25. The molecule has 1 unspecified atom stereocenters. The molecule has 1 aliphatic rings. The van der Waals surface area contributed by atoms with Gasteiger partial charge in [-0.05, 0) is 30.5 Å². The van der Waals surface area contributed by atoms with Crippen LogP contribution in [0.2, 0.25) is 0 Å². The molecule has 2 rings (SSSR count). The lowest BCUT2D eigenvalue weighted by Gasteiger charge is -2.32. The van der Waals surface area contributed by atoms with Gasteiger partial charge in [-0.2, -0.15) is 5.26 Å². The molecule has 3 nitrogen and oxygen atoms in total. The molecule has 1 saturated carbocycles. The lowest BCUT2D eigenvalue weighted by molar-refractivity contribution is -0.126. The highest BCUT2D eigenvalue weighted by Gasteiger charge is 2.37. The smallest absolute Gasteiger partial charge is 0.157 e. The van der Waals surface area contributed by atoms with Gasteiger partial charge in [-0.15, -0.1) is 0 Å². The Balaban J connectivity index is 2.35. The first-order chi connectivity index (χ1) is 7.66. The SMILES string of the molecule is N#Cc1ccc(C2(N)CCCCC2=O)cc1. The molecule has 0 bridgehead atoms. The number of nitrogens with zero attached hydrogens (tertiary/aromatic N) is 1. The molecule has 2 N–H and O–H groups in total. The summed E-state index contributed by atoms with van der Waals surface area (Å²) in [7, 11) is 0. The van der Waals surface area contributed by atoms with Crippen LogP contribution in [0.3, 0.4) is 0 Å². The average molecular weight is 214 g/mol. The number of hydrogen-bond donors (Lipinski definition) is 1. The zero-order valence-corrected chi connectivity index (χ0v) is 9.07. The minimum atomic E-state index is -0.827. The van der Waals surface area contributed by atoms with E-state index in [4.69, 9.17) is 11.0 Å². The Morgan fingerprint density at radius 3 is 2.50 bits per heavy atom. The topological polar surface area (TPSA) is 66.9 Å². The normalized spacial score (nSPS) is 25.1. The van der Waals surface area contributed by atoms with Crippen LogP contribution in [0.25, 0.3) is 0 Å². The van der Waals surface area contributed by atoms with Crippen LogP contribution in [-0.2, 0) is 10.3 Å². The molecule has 1 fully saturated rings. The van der Waals surface area contributed by atoms with E-state index in [0.717, 1.165) is 18.4 Å². The van der Waals surface area contributed by atoms with Crippen LogP contribution in [0.15, 0.2) is 24.3 Å². The van der Waals surface area contributed by atoms with E-state index in [0.29, 0.717) is 18.4 Å². The highest BCUT2D eigenvalue weighted by atomic mass is 16.1. The summed E-state index contributed by atoms with van der Waals surface area (Å²) in [4.78, 5) is 11.9. The molecule has 0 radical (unpaired) electrons. The van der Waals surface area contributed by atoms with Crippen molar-refractivity contribution in [2.24, 2.45) is 5.73 Å². The van der Waals surface area contributed by atoms with Crippen molar-refractivity contribution >= 4 is 5.78 Å². The van der Waals surface area contributed by atoms with Crippen molar-refractivity contribution < 1.29 is 4.79 Å². The van der Waals surface area contributed by atoms with E-state index >= 15 is 0 Å². The third-order valence-electron chi connectivity index (χ3n) is 3.25. The van der Waals surface area contributed by atoms with Crippen LogP contribution in [0, 0.1) is 11.3 Å². The van der Waals surface area contributed by atoms with Gasteiger partial charge >= 0.3 is 0 Å². The molecule has 1 aliphatic carbocycles. The molecule has 0 saturated heterocycles. The summed E-state index contributed by atoms with van der Waals surface area (Å²) in [5.74, 6) is 0.114. The van der Waals surface area contributed by atoms with E-state index in [1.807, 2.05) is 0 Å². The van der Waals surface area contributed by atoms with Gasteiger partial charge in [-0.1, -0.05) is 18.6 Å². The zero-order valence-electron chi connectivity index (χ0n) is 9.07. The van der Waals surface area contributed by atoms with Gasteiger partial charge in [-0.3, -0.25) is 4.79 Å². The van der Waals surface area contributed by atoms with Crippen molar-refractivity contribution in [2.75, 3.05) is 0 Å². The first kappa shape index (κ1) is 10.8. The standard InChI is InChI=1S/C13H14N2O/c14-9-10-4-6-11(7-5-10)13(15)8-2-1-3-12(13)16/h4-7H,1-3,8,15H2. The Hall–Kier alpha value is -1.66. The molecule has 16 heavy (non-hydrogen) atoms. The van der Waals surface area contributed by atoms with Crippen molar-refractivity contribution in [2.45, 2.75) is 31.2 Å². The maximum atomic E-state index is 11.9. The van der Waals surface area contributed by atoms with Crippen molar-refractivity contribution in [1.29, 1.82) is 5.26 Å². The number of nitrogens with two attached hydrogens (primary N) is 1. The van der Waals surface area contributed by atoms with E-state index in [1.54, 1.807) is 24.3 Å². The molecule has 1 aromatic rings. The molecule has 1 aromatic carbocycles. The Bertz CT molecular complexity index is 444. The molecule has 0 heterocycles. The second-order valence-electron chi connectivity index (χ2n) is 4.29. The average Bonchev–Trinajstić information content (AvgIpc) is 2.33. The van der Waals surface area contributed by atoms with Crippen LogP contribution in [0.4, 0.5) is 0 Å². The third kappa shape index (κ3) is 1.72. The lowest BCUT2D eigenvalue weighted by atomic mass is 9.76. The number of carbonyl (C=O) groups excluding carboxylic acids is 1. The minimum absolute atomic E-state index is 0.114. The zero-order chi connectivity index (χ0) is 11.6. The van der Waals surface area contributed by atoms with Gasteiger partial charge in [0.05, 0.1) is 11.6 Å². The summed E-state index contributed by atoms with van der Waals surface area (Å²) in [6.45, 7) is 0. The van der Waals surface area contributed by atoms with Gasteiger partial charge in [0.25, 0.3) is 0 Å². The number of hydrogen-bond acceptors (Lipinski definition) is 3. The quantitative estimate of drug-likeness (QED) is 0.775. The number of ketones is 1. The number of Topliss-reactive ketones (excluding diaryl/α,β-unsaturated/α-hetero) is 1. The van der Waals surface area contributed by atoms with E-state index in [1.165, 1.54) is 0 Å². The Labute approximate surface area is 94.9 Å². The molecule has 0 aromatic heterocycles. The molecule has 0 spiro atoms. The van der Waals surface area contributed by atoms with Crippen molar-refractivity contribution in [3.05, 3.63) is 35.4 Å². The fraction of sp³-hybridized carbons (Fsp3) is 0.385. The highest BCUT2D eigenvalue weighted by Crippen LogP contribution is 2.31. The van der Waals surface area contributed by atoms with Gasteiger partial charge in [-0.25, -0.2) is 0 Å². The molecular formula is C13H14N2O. The second kappa shape index (κ2) is 4.07. The van der Waals surface area contributed by atoms with Gasteiger partial charge in [0.15, 0.2) is 5.78 Å². The largest absolute Gasteiger partial charge is 0.315 e. The maximum Gasteiger partial charge on any atom is 0.157 e. The van der Waals surface area contributed by atoms with E-state index in [9.17, 15) is 4.79 Å². The summed E-state index contributed by atoms with van der Waals surface area (Å²) >= 11 is 0. The molecule has 82 valence electrons. The molecular weight excluding hydrogens is 200 g/mol. The molecule has 0 aliphatic heterocycles. The fourth-order valence-electron chi connectivity index (χ4n) is 2.20. The number of carbonyl (C=O) groups is 1. The number of nitriles is 1. The Morgan fingerprint density at radius 2 is 1.94 bits per heavy atom. The van der Waals surface area contributed by atoms with Crippen molar-refractivity contribution in [1.82, 2.24) is 0 Å². The van der Waals surface area contributed by atoms with Gasteiger partial charge in [0.1, 0.15) is 5.54 Å². The highest BCUT2D eigenvalue weighted by molar-refractivity contribution is 5.90. The first-order valence-corrected chi connectivity index (χ1v) is 5.49. The summed E-state index contributed by atoms with van der Waals surface area (Å²) < 4.78 is 0. The van der Waals surface area contributed by atoms with Gasteiger partial charge < -0.3 is 5.73 Å². The summed E-state index contributed by atoms with van der Waals surface area (Å²) in [5, 5.41) is 8.71. The van der Waals surface area contributed by atoms with Gasteiger partial charge in [0, 0.05) is 6.42 Å². The number of rotatable bonds is 1. The lowest BCUT2D eigenvalue weighted by Crippen LogP contribution is -2.46. The fourth-order valence-corrected chi connectivity index (χ4v) is 2.20. The minimum Gasteiger partial charge on any atom is -0.315 e. The first-order valence-electron chi connectivity index (χ1n) is 5.49. The Morgan fingerprint density at radius 1 is 1.25 bits per heavy atom. The molecule has 1 atom stereocenters. The predicted molar refractivity (Wildman–Crippen MR) is 60.5 cm³/mol. The van der Waals surface area contributed by atoms with Crippen LogP contribution in [-0.4, -0.2) is 5.78 Å². The van der Waals surface area contributed by atoms with Crippen molar-refractivity contribution in [3.8, 4) is 6.07 Å². The van der Waals surface area contributed by atoms with E-state index in [-0.39, 0.29) is 5.78 Å². The summed E-state index contributed by atoms with van der Waals surface area (Å²) in [6.07, 6.45) is 3.20. The predicted octanol–water partition coefficient (Wildman–Crippen LogP) is 1.86. The maximum absolute atomic E-state index is 11.9. The Kier molecular flexibility index (Phi) is 2.76.